The van der Waals surface area contributed by atoms with Crippen molar-refractivity contribution in [2.45, 2.75) is 19.0 Å². The number of hydrogen-bond donors (Lipinski definition) is 2. The molecule has 4 rings (SSSR count). The number of imidazole rings is 1. The number of alkyl halides is 3. The number of H-pyrrole nitrogens is 1. The largest absolute Gasteiger partial charge is 0.484 e. The number of rotatable bonds is 8. The van der Waals surface area contributed by atoms with E-state index in [9.17, 15) is 21.6 Å². The Morgan fingerprint density at radius 3 is 2.44 bits per heavy atom. The van der Waals surface area contributed by atoms with E-state index in [4.69, 9.17) is 4.74 Å². The topological polar surface area (TPSA) is 84.1 Å². The quantitative estimate of drug-likeness (QED) is 0.351. The molecule has 0 fully saturated rings. The van der Waals surface area contributed by atoms with E-state index in [0.29, 0.717) is 18.5 Å². The van der Waals surface area contributed by atoms with Gasteiger partial charge in [0.2, 0.25) is 10.0 Å². The van der Waals surface area contributed by atoms with Gasteiger partial charge in [0, 0.05) is 12.0 Å². The molecule has 0 radical (unpaired) electrons. The first-order chi connectivity index (χ1) is 16.1. The van der Waals surface area contributed by atoms with Gasteiger partial charge >= 0.3 is 6.18 Å². The average Bonchev–Trinajstić information content (AvgIpc) is 3.18. The zero-order chi connectivity index (χ0) is 24.3. The predicted octanol–water partition coefficient (Wildman–Crippen LogP) is 5.33. The second kappa shape index (κ2) is 9.38. The highest BCUT2D eigenvalue weighted by molar-refractivity contribution is 7.92. The highest BCUT2D eigenvalue weighted by Gasteiger charge is 2.28. The summed E-state index contributed by atoms with van der Waals surface area (Å²) in [5.41, 5.74) is 4.62. The highest BCUT2D eigenvalue weighted by atomic mass is 32.2. The van der Waals surface area contributed by atoms with Crippen molar-refractivity contribution in [1.82, 2.24) is 9.97 Å². The number of halogens is 3. The Hall–Kier alpha value is -3.53. The molecule has 34 heavy (non-hydrogen) atoms. The van der Waals surface area contributed by atoms with Crippen LogP contribution in [0, 0.1) is 0 Å². The van der Waals surface area contributed by atoms with E-state index >= 15 is 0 Å². The van der Waals surface area contributed by atoms with Gasteiger partial charge < -0.3 is 9.72 Å². The zero-order valence-corrected chi connectivity index (χ0v) is 19.0. The van der Waals surface area contributed by atoms with Crippen LogP contribution in [0.4, 0.5) is 18.9 Å². The highest BCUT2D eigenvalue weighted by Crippen LogP contribution is 2.30. The van der Waals surface area contributed by atoms with E-state index < -0.39 is 22.8 Å². The Morgan fingerprint density at radius 2 is 1.74 bits per heavy atom. The van der Waals surface area contributed by atoms with Crippen LogP contribution in [0.1, 0.15) is 11.4 Å². The maximum Gasteiger partial charge on any atom is 0.422 e. The first-order valence-electron chi connectivity index (χ1n) is 10.4. The monoisotopic (exact) mass is 489 g/mol. The van der Waals surface area contributed by atoms with Crippen molar-refractivity contribution in [3.05, 3.63) is 78.1 Å². The van der Waals surface area contributed by atoms with E-state index in [2.05, 4.69) is 14.7 Å². The Balaban J connectivity index is 1.46. The number of benzene rings is 3. The molecule has 0 saturated carbocycles. The van der Waals surface area contributed by atoms with Gasteiger partial charge in [-0.3, -0.25) is 4.72 Å². The third-order valence-corrected chi connectivity index (χ3v) is 5.63. The summed E-state index contributed by atoms with van der Waals surface area (Å²) in [6.07, 6.45) is -2.00. The number of nitrogens with zero attached hydrogens (tertiary/aromatic N) is 1. The van der Waals surface area contributed by atoms with Gasteiger partial charge in [-0.2, -0.15) is 13.2 Å². The molecule has 3 aromatic carbocycles. The molecule has 0 saturated heterocycles. The van der Waals surface area contributed by atoms with Crippen LogP contribution in [-0.2, 0) is 22.9 Å². The number of aromatic amines is 1. The standard InChI is InChI=1S/C24H22F3N3O3S/c1-34(31,32)30-20-5-3-2-4-19(20)17-9-12-21-22(14-17)29-23(28-21)13-8-16-6-10-18(11-7-16)33-15-24(25,26)27/h2-7,9-12,14,30H,8,13,15H2,1H3,(H,28,29). The zero-order valence-electron chi connectivity index (χ0n) is 18.2. The minimum absolute atomic E-state index is 0.169. The summed E-state index contributed by atoms with van der Waals surface area (Å²) in [6.45, 7) is -1.32. The van der Waals surface area contributed by atoms with Crippen molar-refractivity contribution in [1.29, 1.82) is 0 Å². The lowest BCUT2D eigenvalue weighted by molar-refractivity contribution is -0.153. The molecule has 1 aromatic heterocycles. The number of ether oxygens (including phenoxy) is 1. The van der Waals surface area contributed by atoms with E-state index in [0.717, 1.165) is 39.8 Å². The molecule has 4 aromatic rings. The summed E-state index contributed by atoms with van der Waals surface area (Å²) in [7, 11) is -3.42. The van der Waals surface area contributed by atoms with Crippen molar-refractivity contribution in [3.8, 4) is 16.9 Å². The van der Waals surface area contributed by atoms with Gasteiger partial charge in [0.05, 0.1) is 23.0 Å². The van der Waals surface area contributed by atoms with Crippen LogP contribution in [0.2, 0.25) is 0 Å². The lowest BCUT2D eigenvalue weighted by Crippen LogP contribution is -2.19. The van der Waals surface area contributed by atoms with Crippen molar-refractivity contribution < 1.29 is 26.3 Å². The Labute approximate surface area is 194 Å². The molecule has 10 heteroatoms. The minimum atomic E-state index is -4.37. The van der Waals surface area contributed by atoms with Crippen LogP contribution in [0.25, 0.3) is 22.2 Å². The summed E-state index contributed by atoms with van der Waals surface area (Å²) >= 11 is 0. The summed E-state index contributed by atoms with van der Waals surface area (Å²) in [5.74, 6) is 0.940. The number of para-hydroxylation sites is 1. The number of nitrogens with one attached hydrogen (secondary N) is 2. The lowest BCUT2D eigenvalue weighted by Gasteiger charge is -2.10. The lowest BCUT2D eigenvalue weighted by atomic mass is 10.0. The van der Waals surface area contributed by atoms with E-state index in [1.165, 1.54) is 12.1 Å². The maximum absolute atomic E-state index is 12.3. The number of anilines is 1. The molecule has 0 bridgehead atoms. The molecule has 0 amide bonds. The first-order valence-corrected chi connectivity index (χ1v) is 12.3. The van der Waals surface area contributed by atoms with Crippen LogP contribution in [0.3, 0.4) is 0 Å². The summed E-state index contributed by atoms with van der Waals surface area (Å²) in [6, 6.07) is 19.3. The molecule has 0 aliphatic heterocycles. The normalized spacial score (nSPS) is 12.1. The van der Waals surface area contributed by atoms with Crippen molar-refractivity contribution >= 4 is 26.7 Å². The molecule has 178 valence electrons. The van der Waals surface area contributed by atoms with Gasteiger partial charge in [-0.15, -0.1) is 0 Å². The molecule has 0 atom stereocenters. The van der Waals surface area contributed by atoms with E-state index in [-0.39, 0.29) is 5.75 Å². The van der Waals surface area contributed by atoms with Crippen LogP contribution in [0.5, 0.6) is 5.75 Å². The minimum Gasteiger partial charge on any atom is -0.484 e. The van der Waals surface area contributed by atoms with Gasteiger partial charge in [-0.05, 0) is 47.9 Å². The van der Waals surface area contributed by atoms with Gasteiger partial charge in [0.25, 0.3) is 0 Å². The smallest absolute Gasteiger partial charge is 0.422 e. The molecule has 1 heterocycles. The van der Waals surface area contributed by atoms with Crippen LogP contribution in [0.15, 0.2) is 66.7 Å². The molecule has 0 aliphatic rings. The number of hydrogen-bond acceptors (Lipinski definition) is 4. The van der Waals surface area contributed by atoms with Crippen LogP contribution < -0.4 is 9.46 Å². The number of aryl methyl sites for hydroxylation is 2. The van der Waals surface area contributed by atoms with Crippen molar-refractivity contribution in [2.75, 3.05) is 17.6 Å². The third kappa shape index (κ3) is 6.28. The number of aromatic nitrogens is 2. The average molecular weight is 490 g/mol. The SMILES string of the molecule is CS(=O)(=O)Nc1ccccc1-c1ccc2nc(CCc3ccc(OCC(F)(F)F)cc3)[nH]c2c1. The van der Waals surface area contributed by atoms with E-state index in [1.807, 2.05) is 30.3 Å². The van der Waals surface area contributed by atoms with Gasteiger partial charge in [-0.25, -0.2) is 13.4 Å². The number of fused-ring (bicyclic) bond motifs is 1. The van der Waals surface area contributed by atoms with E-state index in [1.54, 1.807) is 24.3 Å². The predicted molar refractivity (Wildman–Crippen MR) is 125 cm³/mol. The molecule has 0 aliphatic carbocycles. The molecular weight excluding hydrogens is 467 g/mol. The Kier molecular flexibility index (Phi) is 6.52. The molecule has 2 N–H and O–H groups in total. The second-order valence-electron chi connectivity index (χ2n) is 7.88. The molecule has 0 spiro atoms. The summed E-state index contributed by atoms with van der Waals surface area (Å²) in [4.78, 5) is 7.89. The molecular formula is C24H22F3N3O3S. The first kappa shape index (κ1) is 23.6. The summed E-state index contributed by atoms with van der Waals surface area (Å²) < 4.78 is 67.5. The maximum atomic E-state index is 12.3. The number of sulfonamides is 1. The second-order valence-corrected chi connectivity index (χ2v) is 9.63. The molecule has 6 nitrogen and oxygen atoms in total. The molecule has 0 unspecified atom stereocenters. The Bertz CT molecular complexity index is 1400. The summed E-state index contributed by atoms with van der Waals surface area (Å²) in [5, 5.41) is 0. The third-order valence-electron chi connectivity index (χ3n) is 5.04. The Morgan fingerprint density at radius 1 is 1.00 bits per heavy atom. The fourth-order valence-corrected chi connectivity index (χ4v) is 4.13. The fraction of sp³-hybridized carbons (Fsp3) is 0.208. The van der Waals surface area contributed by atoms with Gasteiger partial charge in [0.15, 0.2) is 6.61 Å². The van der Waals surface area contributed by atoms with Crippen LogP contribution in [-0.4, -0.2) is 37.4 Å². The van der Waals surface area contributed by atoms with Gasteiger partial charge in [0.1, 0.15) is 11.6 Å². The van der Waals surface area contributed by atoms with Crippen molar-refractivity contribution in [2.24, 2.45) is 0 Å². The van der Waals surface area contributed by atoms with Gasteiger partial charge in [-0.1, -0.05) is 36.4 Å². The van der Waals surface area contributed by atoms with Crippen LogP contribution >= 0.6 is 0 Å². The fourth-order valence-electron chi connectivity index (χ4n) is 3.55. The van der Waals surface area contributed by atoms with Crippen molar-refractivity contribution in [3.63, 3.8) is 0 Å².